The molecule has 0 radical (unpaired) electrons. The second-order valence-electron chi connectivity index (χ2n) is 12.0. The van der Waals surface area contributed by atoms with Crippen LogP contribution in [0.3, 0.4) is 0 Å². The predicted octanol–water partition coefficient (Wildman–Crippen LogP) is 9.52. The van der Waals surface area contributed by atoms with E-state index in [9.17, 15) is 8.78 Å². The fourth-order valence-electron chi connectivity index (χ4n) is 8.19. The zero-order valence-corrected chi connectivity index (χ0v) is 23.7. The second-order valence-corrected chi connectivity index (χ2v) is 12.0. The quantitative estimate of drug-likeness (QED) is 0.206. The molecular weight excluding hydrogens is 518 g/mol. The summed E-state index contributed by atoms with van der Waals surface area (Å²) >= 11 is 0. The molecule has 0 fully saturated rings. The summed E-state index contributed by atoms with van der Waals surface area (Å²) in [5, 5.41) is 2.62. The minimum absolute atomic E-state index is 0.277. The highest BCUT2D eigenvalue weighted by atomic mass is 19.1. The molecule has 2 aliphatic carbocycles. The van der Waals surface area contributed by atoms with E-state index >= 15 is 0 Å². The Hall–Kier alpha value is -4.56. The summed E-state index contributed by atoms with van der Waals surface area (Å²) in [5.74, 6) is -0.555. The van der Waals surface area contributed by atoms with Gasteiger partial charge < -0.3 is 0 Å². The monoisotopic (exact) mass is 548 g/mol. The molecule has 0 atom stereocenters. The maximum atomic E-state index is 14.6. The van der Waals surface area contributed by atoms with E-state index in [0.29, 0.717) is 0 Å². The number of halogens is 2. The van der Waals surface area contributed by atoms with Crippen LogP contribution >= 0.6 is 0 Å². The van der Waals surface area contributed by atoms with Crippen molar-refractivity contribution in [1.82, 2.24) is 0 Å². The molecule has 0 unspecified atom stereocenters. The van der Waals surface area contributed by atoms with E-state index in [2.05, 4.69) is 86.6 Å². The van der Waals surface area contributed by atoms with Crippen molar-refractivity contribution in [1.29, 1.82) is 0 Å². The Balaban J connectivity index is 1.67. The van der Waals surface area contributed by atoms with Gasteiger partial charge in [-0.25, -0.2) is 8.78 Å². The molecule has 204 valence electrons. The van der Waals surface area contributed by atoms with Gasteiger partial charge in [0.05, 0.1) is 10.8 Å². The Labute approximate surface area is 245 Å². The fourth-order valence-corrected chi connectivity index (χ4v) is 8.19. The molecule has 0 spiro atoms. The standard InChI is InChI=1S/C40H30F2/c1-25-3-11-29(12-4-25)39(30-13-5-26(2)6-14-30)35-23-9-27-7-8-28-10-24-36(38(35)37(27)28)40(39,31-15-19-33(41)20-16-31)32-17-21-34(42)22-18-32/h3-6,9-24H,7-8H2,1-2H3. The van der Waals surface area contributed by atoms with Crippen LogP contribution in [0, 0.1) is 25.5 Å². The van der Waals surface area contributed by atoms with Crippen LogP contribution in [0.5, 0.6) is 0 Å². The lowest BCUT2D eigenvalue weighted by Gasteiger charge is -2.50. The molecule has 2 heteroatoms. The first-order valence-corrected chi connectivity index (χ1v) is 14.7. The first-order chi connectivity index (χ1) is 20.4. The van der Waals surface area contributed by atoms with Crippen LogP contribution in [0.4, 0.5) is 8.78 Å². The highest BCUT2D eigenvalue weighted by Gasteiger charge is 2.62. The molecule has 0 nitrogen and oxygen atoms in total. The average Bonchev–Trinajstić information content (AvgIpc) is 3.54. The predicted molar refractivity (Wildman–Crippen MR) is 166 cm³/mol. The van der Waals surface area contributed by atoms with Crippen molar-refractivity contribution >= 4 is 10.8 Å². The van der Waals surface area contributed by atoms with E-state index in [1.54, 1.807) is 24.3 Å². The van der Waals surface area contributed by atoms with Gasteiger partial charge in [-0.3, -0.25) is 0 Å². The molecule has 0 saturated carbocycles. The van der Waals surface area contributed by atoms with Crippen molar-refractivity contribution in [2.75, 3.05) is 0 Å². The summed E-state index contributed by atoms with van der Waals surface area (Å²) in [4.78, 5) is 0. The normalized spacial score (nSPS) is 15.8. The lowest BCUT2D eigenvalue weighted by atomic mass is 9.50. The molecule has 0 aromatic heterocycles. The summed E-state index contributed by atoms with van der Waals surface area (Å²) in [5.41, 5.74) is 10.2. The Morgan fingerprint density at radius 1 is 0.405 bits per heavy atom. The first kappa shape index (κ1) is 25.2. The number of hydrogen-bond acceptors (Lipinski definition) is 0. The fraction of sp³-hybridized carbons (Fsp3) is 0.150. The highest BCUT2D eigenvalue weighted by molar-refractivity contribution is 6.03. The molecule has 8 rings (SSSR count). The lowest BCUT2D eigenvalue weighted by molar-refractivity contribution is 0.440. The molecule has 42 heavy (non-hydrogen) atoms. The number of hydrogen-bond donors (Lipinski definition) is 0. The van der Waals surface area contributed by atoms with Crippen molar-refractivity contribution in [3.8, 4) is 0 Å². The van der Waals surface area contributed by atoms with Crippen LogP contribution in [0.25, 0.3) is 10.8 Å². The van der Waals surface area contributed by atoms with Gasteiger partial charge in [-0.05, 0) is 106 Å². The van der Waals surface area contributed by atoms with E-state index in [1.807, 2.05) is 24.3 Å². The van der Waals surface area contributed by atoms with Crippen LogP contribution in [0.15, 0.2) is 121 Å². The zero-order chi connectivity index (χ0) is 28.6. The van der Waals surface area contributed by atoms with E-state index < -0.39 is 10.8 Å². The van der Waals surface area contributed by atoms with Crippen molar-refractivity contribution < 1.29 is 8.78 Å². The van der Waals surface area contributed by atoms with Gasteiger partial charge in [0.1, 0.15) is 11.6 Å². The van der Waals surface area contributed by atoms with Crippen molar-refractivity contribution in [3.05, 3.63) is 189 Å². The third-order valence-electron chi connectivity index (χ3n) is 9.89. The summed E-state index contributed by atoms with van der Waals surface area (Å²) in [6.07, 6.45) is 2.05. The highest BCUT2D eigenvalue weighted by Crippen LogP contribution is 2.67. The summed E-state index contributed by atoms with van der Waals surface area (Å²) < 4.78 is 29.3. The number of rotatable bonds is 4. The Morgan fingerprint density at radius 3 is 1.10 bits per heavy atom. The third kappa shape index (κ3) is 3.15. The minimum Gasteiger partial charge on any atom is -0.207 e. The Bertz CT molecular complexity index is 1750. The average molecular weight is 549 g/mol. The van der Waals surface area contributed by atoms with Crippen LogP contribution in [-0.2, 0) is 23.7 Å². The first-order valence-electron chi connectivity index (χ1n) is 14.7. The topological polar surface area (TPSA) is 0 Å². The van der Waals surface area contributed by atoms with Crippen molar-refractivity contribution in [3.63, 3.8) is 0 Å². The molecule has 2 aliphatic rings. The zero-order valence-electron chi connectivity index (χ0n) is 23.7. The van der Waals surface area contributed by atoms with Crippen LogP contribution < -0.4 is 0 Å². The largest absolute Gasteiger partial charge is 0.207 e. The lowest BCUT2D eigenvalue weighted by Crippen LogP contribution is -2.49. The van der Waals surface area contributed by atoms with Gasteiger partial charge in [-0.1, -0.05) is 108 Å². The van der Waals surface area contributed by atoms with Crippen LogP contribution in [0.2, 0.25) is 0 Å². The summed E-state index contributed by atoms with van der Waals surface area (Å²) in [6.45, 7) is 4.22. The van der Waals surface area contributed by atoms with E-state index in [1.165, 1.54) is 44.2 Å². The van der Waals surface area contributed by atoms with Gasteiger partial charge in [0, 0.05) is 0 Å². The SMILES string of the molecule is Cc1ccc(C2(c3ccc(C)cc3)c3ccc4c5c(ccc(c35)C2(c2ccc(F)cc2)c2ccc(F)cc2)CC4)cc1. The van der Waals surface area contributed by atoms with Gasteiger partial charge in [0.15, 0.2) is 0 Å². The van der Waals surface area contributed by atoms with Crippen LogP contribution in [-0.4, -0.2) is 0 Å². The summed E-state index contributed by atoms with van der Waals surface area (Å²) in [7, 11) is 0. The Morgan fingerprint density at radius 2 is 0.738 bits per heavy atom. The molecule has 0 bridgehead atoms. The maximum absolute atomic E-state index is 14.6. The minimum atomic E-state index is -0.818. The molecule has 0 amide bonds. The number of benzene rings is 6. The molecule has 0 saturated heterocycles. The second kappa shape index (κ2) is 8.97. The van der Waals surface area contributed by atoms with Gasteiger partial charge in [0.25, 0.3) is 0 Å². The number of aryl methyl sites for hydroxylation is 4. The van der Waals surface area contributed by atoms with E-state index in [4.69, 9.17) is 0 Å². The third-order valence-corrected chi connectivity index (χ3v) is 9.89. The molecule has 0 heterocycles. The molecule has 0 aliphatic heterocycles. The molecular formula is C40H30F2. The Kier molecular flexibility index (Phi) is 5.37. The van der Waals surface area contributed by atoms with Gasteiger partial charge in [-0.2, -0.15) is 0 Å². The van der Waals surface area contributed by atoms with Crippen molar-refractivity contribution in [2.24, 2.45) is 0 Å². The van der Waals surface area contributed by atoms with Gasteiger partial charge >= 0.3 is 0 Å². The molecule has 6 aromatic carbocycles. The van der Waals surface area contributed by atoms with Crippen LogP contribution in [0.1, 0.15) is 55.6 Å². The smallest absolute Gasteiger partial charge is 0.123 e. The molecule has 6 aromatic rings. The van der Waals surface area contributed by atoms with Crippen molar-refractivity contribution in [2.45, 2.75) is 37.5 Å². The maximum Gasteiger partial charge on any atom is 0.123 e. The van der Waals surface area contributed by atoms with E-state index in [0.717, 1.165) is 35.1 Å². The van der Waals surface area contributed by atoms with E-state index in [-0.39, 0.29) is 11.6 Å². The van der Waals surface area contributed by atoms with Gasteiger partial charge in [0.2, 0.25) is 0 Å². The van der Waals surface area contributed by atoms with Gasteiger partial charge in [-0.15, -0.1) is 0 Å². The molecule has 0 N–H and O–H groups in total. The summed E-state index contributed by atoms with van der Waals surface area (Å²) in [6, 6.07) is 41.0.